The molecule has 0 spiro atoms. The quantitative estimate of drug-likeness (QED) is 0.899. The van der Waals surface area contributed by atoms with Gasteiger partial charge in [0.05, 0.1) is 13.2 Å². The van der Waals surface area contributed by atoms with Crippen molar-refractivity contribution in [1.29, 1.82) is 0 Å². The number of aromatic nitrogens is 2. The summed E-state index contributed by atoms with van der Waals surface area (Å²) < 4.78 is 23.3. The summed E-state index contributed by atoms with van der Waals surface area (Å²) in [5, 5.41) is 3.85. The van der Waals surface area contributed by atoms with Gasteiger partial charge in [0.1, 0.15) is 0 Å². The van der Waals surface area contributed by atoms with E-state index in [1.807, 2.05) is 6.92 Å². The molecule has 6 heteroatoms. The zero-order valence-electron chi connectivity index (χ0n) is 10.9. The number of nitrogens with two attached hydrogens (primary N) is 1. The fraction of sp³-hybridized carbons (Fsp3) is 0.385. The Kier molecular flexibility index (Phi) is 4.11. The molecule has 2 aromatic rings. The molecule has 2 N–H and O–H groups in total. The molecule has 0 aliphatic carbocycles. The summed E-state index contributed by atoms with van der Waals surface area (Å²) >= 11 is 0. The first-order valence-corrected chi connectivity index (χ1v) is 6.08. The lowest BCUT2D eigenvalue weighted by Crippen LogP contribution is -2.09. The average Bonchev–Trinajstić information content (AvgIpc) is 2.89. The number of nitrogens with zero attached hydrogens (tertiary/aromatic N) is 2. The lowest BCUT2D eigenvalue weighted by Gasteiger charge is -2.03. The Balaban J connectivity index is 2.27. The summed E-state index contributed by atoms with van der Waals surface area (Å²) in [6, 6.07) is 4.12. The highest BCUT2D eigenvalue weighted by atomic mass is 19.1. The number of halogens is 1. The maximum atomic E-state index is 13.3. The van der Waals surface area contributed by atoms with Gasteiger partial charge in [-0.15, -0.1) is 0 Å². The smallest absolute Gasteiger partial charge is 0.243 e. The molecule has 0 unspecified atom stereocenters. The van der Waals surface area contributed by atoms with Crippen molar-refractivity contribution in [1.82, 2.24) is 10.1 Å². The van der Waals surface area contributed by atoms with Gasteiger partial charge in [0.2, 0.25) is 11.7 Å². The standard InChI is InChI=1S/C13H16FN3O2/c1-3-4-10(15)13-16-12(17-19-13)8-5-6-9(14)11(7-8)18-2/h5-7,10H,3-4,15H2,1-2H3/t10-/m1/s1. The fourth-order valence-corrected chi connectivity index (χ4v) is 1.74. The SMILES string of the molecule is CCC[C@@H](N)c1nc(-c2ccc(F)c(OC)c2)no1. The Morgan fingerprint density at radius 1 is 1.47 bits per heavy atom. The highest BCUT2D eigenvalue weighted by Crippen LogP contribution is 2.25. The van der Waals surface area contributed by atoms with Gasteiger partial charge in [0.15, 0.2) is 11.6 Å². The van der Waals surface area contributed by atoms with E-state index in [0.29, 0.717) is 17.3 Å². The van der Waals surface area contributed by atoms with E-state index in [1.165, 1.54) is 19.2 Å². The number of methoxy groups -OCH3 is 1. The van der Waals surface area contributed by atoms with E-state index >= 15 is 0 Å². The lowest BCUT2D eigenvalue weighted by molar-refractivity contribution is 0.348. The van der Waals surface area contributed by atoms with Crippen LogP contribution >= 0.6 is 0 Å². The molecule has 0 aliphatic heterocycles. The Bertz CT molecular complexity index is 557. The van der Waals surface area contributed by atoms with E-state index in [-0.39, 0.29) is 11.8 Å². The summed E-state index contributed by atoms with van der Waals surface area (Å²) in [7, 11) is 1.40. The van der Waals surface area contributed by atoms with Crippen LogP contribution in [0.5, 0.6) is 5.75 Å². The van der Waals surface area contributed by atoms with Gasteiger partial charge in [-0.3, -0.25) is 0 Å². The summed E-state index contributed by atoms with van der Waals surface area (Å²) in [6.45, 7) is 2.03. The molecule has 0 radical (unpaired) electrons. The molecule has 2 rings (SSSR count). The van der Waals surface area contributed by atoms with Gasteiger partial charge in [-0.05, 0) is 24.6 Å². The Morgan fingerprint density at radius 2 is 2.26 bits per heavy atom. The van der Waals surface area contributed by atoms with Crippen molar-refractivity contribution in [3.8, 4) is 17.1 Å². The number of hydrogen-bond donors (Lipinski definition) is 1. The summed E-state index contributed by atoms with van der Waals surface area (Å²) in [6.07, 6.45) is 1.71. The van der Waals surface area contributed by atoms with Gasteiger partial charge in [0.25, 0.3) is 0 Å². The molecule has 0 fully saturated rings. The van der Waals surface area contributed by atoms with Crippen LogP contribution < -0.4 is 10.5 Å². The van der Waals surface area contributed by atoms with Crippen LogP contribution in [0.25, 0.3) is 11.4 Å². The zero-order chi connectivity index (χ0) is 13.8. The van der Waals surface area contributed by atoms with Crippen LogP contribution in [0.15, 0.2) is 22.7 Å². The molecule has 1 aromatic heterocycles. The second kappa shape index (κ2) is 5.79. The van der Waals surface area contributed by atoms with E-state index in [0.717, 1.165) is 12.8 Å². The van der Waals surface area contributed by atoms with E-state index in [9.17, 15) is 4.39 Å². The van der Waals surface area contributed by atoms with Gasteiger partial charge in [0, 0.05) is 5.56 Å². The predicted octanol–water partition coefficient (Wildman–Crippen LogP) is 2.68. The minimum absolute atomic E-state index is 0.140. The minimum atomic E-state index is -0.433. The summed E-state index contributed by atoms with van der Waals surface area (Å²) in [4.78, 5) is 4.22. The normalized spacial score (nSPS) is 12.4. The van der Waals surface area contributed by atoms with Crippen molar-refractivity contribution in [2.45, 2.75) is 25.8 Å². The molecule has 5 nitrogen and oxygen atoms in total. The van der Waals surface area contributed by atoms with Crippen LogP contribution in [-0.2, 0) is 0 Å². The van der Waals surface area contributed by atoms with Crippen molar-refractivity contribution >= 4 is 0 Å². The van der Waals surface area contributed by atoms with Crippen LogP contribution in [0.3, 0.4) is 0 Å². The highest BCUT2D eigenvalue weighted by Gasteiger charge is 2.16. The molecule has 1 atom stereocenters. The third-order valence-corrected chi connectivity index (χ3v) is 2.77. The largest absolute Gasteiger partial charge is 0.494 e. The van der Waals surface area contributed by atoms with Crippen LogP contribution in [-0.4, -0.2) is 17.3 Å². The average molecular weight is 265 g/mol. The Hall–Kier alpha value is -1.95. The monoisotopic (exact) mass is 265 g/mol. The molecule has 0 saturated heterocycles. The minimum Gasteiger partial charge on any atom is -0.494 e. The third-order valence-electron chi connectivity index (χ3n) is 2.77. The maximum absolute atomic E-state index is 13.3. The van der Waals surface area contributed by atoms with Crippen molar-refractivity contribution in [2.75, 3.05) is 7.11 Å². The molecule has 19 heavy (non-hydrogen) atoms. The summed E-state index contributed by atoms with van der Waals surface area (Å²) in [5.74, 6) is 0.472. The molecule has 102 valence electrons. The Morgan fingerprint density at radius 3 is 2.95 bits per heavy atom. The number of ether oxygens (including phenoxy) is 1. The first-order valence-electron chi connectivity index (χ1n) is 6.08. The summed E-state index contributed by atoms with van der Waals surface area (Å²) in [5.41, 5.74) is 6.52. The van der Waals surface area contributed by atoms with E-state index in [2.05, 4.69) is 10.1 Å². The Labute approximate surface area is 110 Å². The number of benzene rings is 1. The highest BCUT2D eigenvalue weighted by molar-refractivity contribution is 5.57. The second-order valence-electron chi connectivity index (χ2n) is 4.20. The van der Waals surface area contributed by atoms with Crippen LogP contribution in [0.4, 0.5) is 4.39 Å². The third kappa shape index (κ3) is 2.90. The molecular weight excluding hydrogens is 249 g/mol. The van der Waals surface area contributed by atoms with Gasteiger partial charge >= 0.3 is 0 Å². The van der Waals surface area contributed by atoms with Gasteiger partial charge in [-0.1, -0.05) is 18.5 Å². The number of rotatable bonds is 5. The van der Waals surface area contributed by atoms with Crippen molar-refractivity contribution in [3.05, 3.63) is 29.9 Å². The van der Waals surface area contributed by atoms with E-state index in [4.69, 9.17) is 15.0 Å². The zero-order valence-corrected chi connectivity index (χ0v) is 10.9. The van der Waals surface area contributed by atoms with Gasteiger partial charge in [-0.2, -0.15) is 4.98 Å². The van der Waals surface area contributed by atoms with Gasteiger partial charge < -0.3 is 15.0 Å². The molecule has 1 aromatic carbocycles. The topological polar surface area (TPSA) is 74.2 Å². The molecular formula is C13H16FN3O2. The van der Waals surface area contributed by atoms with Crippen LogP contribution in [0, 0.1) is 5.82 Å². The van der Waals surface area contributed by atoms with E-state index in [1.54, 1.807) is 6.07 Å². The fourth-order valence-electron chi connectivity index (χ4n) is 1.74. The van der Waals surface area contributed by atoms with Crippen molar-refractivity contribution < 1.29 is 13.7 Å². The van der Waals surface area contributed by atoms with Crippen LogP contribution in [0.2, 0.25) is 0 Å². The first kappa shape index (κ1) is 13.5. The van der Waals surface area contributed by atoms with Gasteiger partial charge in [-0.25, -0.2) is 4.39 Å². The maximum Gasteiger partial charge on any atom is 0.243 e. The molecule has 1 heterocycles. The first-order chi connectivity index (χ1) is 9.15. The lowest BCUT2D eigenvalue weighted by atomic mass is 10.2. The molecule has 0 bridgehead atoms. The van der Waals surface area contributed by atoms with Crippen molar-refractivity contribution in [2.24, 2.45) is 5.73 Å². The predicted molar refractivity (Wildman–Crippen MR) is 68.1 cm³/mol. The number of hydrogen-bond acceptors (Lipinski definition) is 5. The molecule has 0 aliphatic rings. The molecule has 0 saturated carbocycles. The second-order valence-corrected chi connectivity index (χ2v) is 4.20. The van der Waals surface area contributed by atoms with Crippen LogP contribution in [0.1, 0.15) is 31.7 Å². The van der Waals surface area contributed by atoms with E-state index < -0.39 is 5.82 Å². The van der Waals surface area contributed by atoms with Crippen molar-refractivity contribution in [3.63, 3.8) is 0 Å². The molecule has 0 amide bonds.